The minimum Gasteiger partial charge on any atom is -0.492 e. The predicted molar refractivity (Wildman–Crippen MR) is 105 cm³/mol. The third-order valence-corrected chi connectivity index (χ3v) is 4.79. The lowest BCUT2D eigenvalue weighted by atomic mass is 10.2. The number of halogens is 1. The van der Waals surface area contributed by atoms with Crippen LogP contribution in [-0.4, -0.2) is 45.0 Å². The van der Waals surface area contributed by atoms with Crippen LogP contribution in [0.3, 0.4) is 0 Å². The van der Waals surface area contributed by atoms with Crippen LogP contribution in [0.25, 0.3) is 5.69 Å². The molecule has 0 aliphatic carbocycles. The molecule has 0 saturated carbocycles. The Morgan fingerprint density at radius 1 is 1.22 bits per heavy atom. The van der Waals surface area contributed by atoms with Crippen LogP contribution in [0.2, 0.25) is 5.02 Å². The van der Waals surface area contributed by atoms with Crippen molar-refractivity contribution in [2.45, 2.75) is 12.1 Å². The number of hydrogen-bond acceptors (Lipinski definition) is 6. The molecule has 1 N–H and O–H groups in total. The normalized spacial score (nSPS) is 10.6. The zero-order valence-corrected chi connectivity index (χ0v) is 16.2. The second-order valence-corrected chi connectivity index (χ2v) is 6.98. The molecule has 1 amide bonds. The number of nitrogens with one attached hydrogen (secondary N) is 1. The summed E-state index contributed by atoms with van der Waals surface area (Å²) >= 11 is 7.10. The van der Waals surface area contributed by atoms with Gasteiger partial charge in [0.25, 0.3) is 0 Å². The molecule has 0 radical (unpaired) electrons. The van der Waals surface area contributed by atoms with E-state index >= 15 is 0 Å². The average molecular weight is 404 g/mol. The third-order valence-electron chi connectivity index (χ3n) is 3.62. The fourth-order valence-corrected chi connectivity index (χ4v) is 3.13. The topological polar surface area (TPSA) is 81.9 Å². The minimum absolute atomic E-state index is 0.112. The quantitative estimate of drug-likeness (QED) is 0.460. The second-order valence-electron chi connectivity index (χ2n) is 5.60. The maximum atomic E-state index is 12.0. The number of amides is 1. The number of ether oxygens (including phenoxy) is 1. The van der Waals surface area contributed by atoms with Crippen LogP contribution in [0.1, 0.15) is 5.56 Å². The number of benzene rings is 2. The van der Waals surface area contributed by atoms with Crippen molar-refractivity contribution in [2.24, 2.45) is 0 Å². The molecule has 2 aromatic carbocycles. The van der Waals surface area contributed by atoms with E-state index in [0.29, 0.717) is 29.1 Å². The van der Waals surface area contributed by atoms with Crippen LogP contribution in [0, 0.1) is 6.92 Å². The third kappa shape index (κ3) is 5.45. The van der Waals surface area contributed by atoms with E-state index in [1.54, 1.807) is 28.9 Å². The van der Waals surface area contributed by atoms with Gasteiger partial charge in [0, 0.05) is 5.02 Å². The minimum atomic E-state index is -0.112. The SMILES string of the molecule is Cc1ccccc1-n1nnnc1SCC(=O)NCCOc1ccc(Cl)cc1. The van der Waals surface area contributed by atoms with Crippen LogP contribution >= 0.6 is 23.4 Å². The van der Waals surface area contributed by atoms with E-state index in [4.69, 9.17) is 16.3 Å². The van der Waals surface area contributed by atoms with Gasteiger partial charge in [0.05, 0.1) is 18.0 Å². The molecule has 9 heteroatoms. The van der Waals surface area contributed by atoms with Gasteiger partial charge < -0.3 is 10.1 Å². The highest BCUT2D eigenvalue weighted by molar-refractivity contribution is 7.99. The smallest absolute Gasteiger partial charge is 0.230 e. The van der Waals surface area contributed by atoms with E-state index in [-0.39, 0.29) is 11.7 Å². The van der Waals surface area contributed by atoms with Gasteiger partial charge in [-0.2, -0.15) is 4.68 Å². The van der Waals surface area contributed by atoms with E-state index in [1.165, 1.54) is 11.8 Å². The molecular formula is C18H18ClN5O2S. The first-order chi connectivity index (χ1) is 13.1. The Balaban J connectivity index is 1.44. The summed E-state index contributed by atoms with van der Waals surface area (Å²) < 4.78 is 7.17. The number of carbonyl (C=O) groups is 1. The first-order valence-corrected chi connectivity index (χ1v) is 9.62. The summed E-state index contributed by atoms with van der Waals surface area (Å²) in [4.78, 5) is 12.0. The molecule has 0 aliphatic rings. The standard InChI is InChI=1S/C18H18ClN5O2S/c1-13-4-2-3-5-16(13)24-18(21-22-23-24)27-12-17(25)20-10-11-26-15-8-6-14(19)7-9-15/h2-9H,10-12H2,1H3,(H,20,25). The van der Waals surface area contributed by atoms with Gasteiger partial charge in [-0.25, -0.2) is 0 Å². The molecule has 0 aliphatic heterocycles. The predicted octanol–water partition coefficient (Wildman–Crippen LogP) is 2.91. The van der Waals surface area contributed by atoms with Crippen molar-refractivity contribution >= 4 is 29.3 Å². The Labute approximate surface area is 166 Å². The van der Waals surface area contributed by atoms with E-state index in [2.05, 4.69) is 20.8 Å². The zero-order valence-electron chi connectivity index (χ0n) is 14.6. The number of aromatic nitrogens is 4. The summed E-state index contributed by atoms with van der Waals surface area (Å²) in [5.41, 5.74) is 1.94. The number of hydrogen-bond donors (Lipinski definition) is 1. The van der Waals surface area contributed by atoms with Gasteiger partial charge in [-0.3, -0.25) is 4.79 Å². The van der Waals surface area contributed by atoms with Crippen LogP contribution < -0.4 is 10.1 Å². The van der Waals surface area contributed by atoms with Gasteiger partial charge in [0.2, 0.25) is 11.1 Å². The fraction of sp³-hybridized carbons (Fsp3) is 0.222. The Morgan fingerprint density at radius 3 is 2.78 bits per heavy atom. The van der Waals surface area contributed by atoms with Gasteiger partial charge in [0.1, 0.15) is 12.4 Å². The Bertz CT molecular complexity index is 901. The maximum absolute atomic E-state index is 12.0. The number of para-hydroxylation sites is 1. The Hall–Kier alpha value is -2.58. The lowest BCUT2D eigenvalue weighted by molar-refractivity contribution is -0.118. The molecular weight excluding hydrogens is 386 g/mol. The van der Waals surface area contributed by atoms with Crippen molar-refractivity contribution in [2.75, 3.05) is 18.9 Å². The summed E-state index contributed by atoms with van der Waals surface area (Å²) in [7, 11) is 0. The van der Waals surface area contributed by atoms with E-state index in [9.17, 15) is 4.79 Å². The lowest BCUT2D eigenvalue weighted by Crippen LogP contribution is -2.29. The largest absolute Gasteiger partial charge is 0.492 e. The lowest BCUT2D eigenvalue weighted by Gasteiger charge is -2.08. The van der Waals surface area contributed by atoms with Crippen molar-refractivity contribution in [1.29, 1.82) is 0 Å². The summed E-state index contributed by atoms with van der Waals surface area (Å²) in [5, 5.41) is 15.8. The van der Waals surface area contributed by atoms with Crippen molar-refractivity contribution in [1.82, 2.24) is 25.5 Å². The highest BCUT2D eigenvalue weighted by Gasteiger charge is 2.12. The fourth-order valence-electron chi connectivity index (χ4n) is 2.29. The Kier molecular flexibility index (Phi) is 6.67. The molecule has 7 nitrogen and oxygen atoms in total. The van der Waals surface area contributed by atoms with Gasteiger partial charge >= 0.3 is 0 Å². The van der Waals surface area contributed by atoms with Crippen molar-refractivity contribution in [3.05, 3.63) is 59.1 Å². The number of thioether (sulfide) groups is 1. The monoisotopic (exact) mass is 403 g/mol. The van der Waals surface area contributed by atoms with Gasteiger partial charge in [-0.15, -0.1) is 5.10 Å². The molecule has 3 aromatic rings. The molecule has 27 heavy (non-hydrogen) atoms. The first-order valence-electron chi connectivity index (χ1n) is 8.26. The number of rotatable bonds is 8. The van der Waals surface area contributed by atoms with Crippen molar-refractivity contribution in [3.63, 3.8) is 0 Å². The van der Waals surface area contributed by atoms with Gasteiger partial charge in [-0.1, -0.05) is 41.6 Å². The van der Waals surface area contributed by atoms with Gasteiger partial charge in [-0.05, 0) is 53.2 Å². The Morgan fingerprint density at radius 2 is 2.00 bits per heavy atom. The zero-order chi connectivity index (χ0) is 19.1. The molecule has 0 saturated heterocycles. The molecule has 140 valence electrons. The molecule has 1 heterocycles. The molecule has 1 aromatic heterocycles. The highest BCUT2D eigenvalue weighted by atomic mass is 35.5. The number of tetrazole rings is 1. The molecule has 0 atom stereocenters. The van der Waals surface area contributed by atoms with Crippen LogP contribution in [0.15, 0.2) is 53.7 Å². The second kappa shape index (κ2) is 9.38. The van der Waals surface area contributed by atoms with Crippen molar-refractivity contribution in [3.8, 4) is 11.4 Å². The molecule has 0 bridgehead atoms. The van der Waals surface area contributed by atoms with E-state index in [0.717, 1.165) is 11.3 Å². The number of carbonyl (C=O) groups excluding carboxylic acids is 1. The number of aryl methyl sites for hydroxylation is 1. The molecule has 0 unspecified atom stereocenters. The first kappa shape index (κ1) is 19.2. The number of nitrogens with zero attached hydrogens (tertiary/aromatic N) is 4. The van der Waals surface area contributed by atoms with Crippen LogP contribution in [0.5, 0.6) is 5.75 Å². The summed E-state index contributed by atoms with van der Waals surface area (Å²) in [5.74, 6) is 0.812. The van der Waals surface area contributed by atoms with E-state index in [1.807, 2.05) is 31.2 Å². The maximum Gasteiger partial charge on any atom is 0.230 e. The summed E-state index contributed by atoms with van der Waals surface area (Å²) in [6.07, 6.45) is 0. The van der Waals surface area contributed by atoms with Crippen LogP contribution in [-0.2, 0) is 4.79 Å². The molecule has 0 fully saturated rings. The van der Waals surface area contributed by atoms with E-state index < -0.39 is 0 Å². The molecule has 3 rings (SSSR count). The summed E-state index contributed by atoms with van der Waals surface area (Å²) in [6, 6.07) is 14.9. The highest BCUT2D eigenvalue weighted by Crippen LogP contribution is 2.20. The average Bonchev–Trinajstić information content (AvgIpc) is 3.14. The summed E-state index contributed by atoms with van der Waals surface area (Å²) in [6.45, 7) is 2.77. The van der Waals surface area contributed by atoms with Crippen LogP contribution in [0.4, 0.5) is 0 Å². The van der Waals surface area contributed by atoms with Crippen molar-refractivity contribution < 1.29 is 9.53 Å². The molecule has 0 spiro atoms. The van der Waals surface area contributed by atoms with Gasteiger partial charge in [0.15, 0.2) is 0 Å².